The van der Waals surface area contributed by atoms with E-state index < -0.39 is 0 Å². The molecule has 26 heavy (non-hydrogen) atoms. The van der Waals surface area contributed by atoms with Gasteiger partial charge >= 0.3 is 0 Å². The van der Waals surface area contributed by atoms with Crippen LogP contribution in [0.15, 0.2) is 36.4 Å². The zero-order valence-corrected chi connectivity index (χ0v) is 15.8. The third-order valence-electron chi connectivity index (χ3n) is 4.77. The predicted octanol–water partition coefficient (Wildman–Crippen LogP) is 3.56. The Hall–Kier alpha value is -2.24. The molecule has 1 saturated heterocycles. The van der Waals surface area contributed by atoms with Gasteiger partial charge in [0.1, 0.15) is 5.82 Å². The van der Waals surface area contributed by atoms with Crippen LogP contribution >= 0.6 is 0 Å². The highest BCUT2D eigenvalue weighted by molar-refractivity contribution is 6.03. The van der Waals surface area contributed by atoms with E-state index >= 15 is 0 Å². The van der Waals surface area contributed by atoms with Crippen molar-refractivity contribution in [2.24, 2.45) is 0 Å². The van der Waals surface area contributed by atoms with Crippen molar-refractivity contribution >= 4 is 11.7 Å². The van der Waals surface area contributed by atoms with E-state index in [4.69, 9.17) is 4.74 Å². The largest absolute Gasteiger partial charge is 0.383 e. The van der Waals surface area contributed by atoms with Crippen LogP contribution in [0.2, 0.25) is 0 Å². The van der Waals surface area contributed by atoms with Crippen LogP contribution in [0, 0.1) is 13.8 Å². The number of pyridine rings is 1. The number of carbonyl (C=O) groups is 1. The molecule has 0 spiro atoms. The number of nitrogens with one attached hydrogen (secondary N) is 1. The number of ether oxygens (including phenoxy) is 1. The molecule has 5 heteroatoms. The van der Waals surface area contributed by atoms with Gasteiger partial charge in [0.2, 0.25) is 0 Å². The Morgan fingerprint density at radius 3 is 2.92 bits per heavy atom. The van der Waals surface area contributed by atoms with Gasteiger partial charge in [0.05, 0.1) is 6.61 Å². The van der Waals surface area contributed by atoms with Crippen LogP contribution in [-0.4, -0.2) is 42.1 Å². The maximum Gasteiger partial charge on any atom is 0.256 e. The predicted molar refractivity (Wildman–Crippen MR) is 103 cm³/mol. The Morgan fingerprint density at radius 2 is 2.15 bits per heavy atom. The Kier molecular flexibility index (Phi) is 6.01. The minimum absolute atomic E-state index is 0.126. The molecule has 1 fully saturated rings. The summed E-state index contributed by atoms with van der Waals surface area (Å²) in [6.45, 7) is 6.61. The van der Waals surface area contributed by atoms with E-state index in [1.165, 1.54) is 12.8 Å². The lowest BCUT2D eigenvalue weighted by molar-refractivity contribution is 0.102. The summed E-state index contributed by atoms with van der Waals surface area (Å²) in [4.78, 5) is 19.4. The van der Waals surface area contributed by atoms with Crippen molar-refractivity contribution < 1.29 is 9.53 Å². The number of nitrogens with zero attached hydrogens (tertiary/aromatic N) is 2. The first-order valence-corrected chi connectivity index (χ1v) is 9.14. The fraction of sp³-hybridized carbons (Fsp3) is 0.429. The molecule has 0 aliphatic carbocycles. The number of benzene rings is 1. The molecular formula is C21H27N3O2. The third kappa shape index (κ3) is 4.68. The number of anilines is 1. The molecule has 138 valence electrons. The summed E-state index contributed by atoms with van der Waals surface area (Å²) in [5.41, 5.74) is 3.78. The fourth-order valence-corrected chi connectivity index (χ4v) is 3.62. The van der Waals surface area contributed by atoms with E-state index in [1.54, 1.807) is 7.11 Å². The number of rotatable bonds is 6. The van der Waals surface area contributed by atoms with Crippen molar-refractivity contribution in [1.29, 1.82) is 0 Å². The average molecular weight is 353 g/mol. The van der Waals surface area contributed by atoms with E-state index in [1.807, 2.05) is 44.2 Å². The quantitative estimate of drug-likeness (QED) is 0.863. The molecule has 0 saturated carbocycles. The summed E-state index contributed by atoms with van der Waals surface area (Å²) in [5.74, 6) is 0.469. The number of likely N-dealkylation sites (tertiary alicyclic amines) is 1. The molecule has 0 bridgehead atoms. The van der Waals surface area contributed by atoms with Gasteiger partial charge in [-0.3, -0.25) is 9.69 Å². The molecular weight excluding hydrogens is 326 g/mol. The van der Waals surface area contributed by atoms with Crippen molar-refractivity contribution in [2.75, 3.05) is 25.6 Å². The zero-order chi connectivity index (χ0) is 18.5. The second-order valence-corrected chi connectivity index (χ2v) is 7.05. The monoisotopic (exact) mass is 353 g/mol. The lowest BCUT2D eigenvalue weighted by Gasteiger charge is -2.24. The van der Waals surface area contributed by atoms with Crippen molar-refractivity contribution in [1.82, 2.24) is 9.88 Å². The molecule has 5 nitrogen and oxygen atoms in total. The molecule has 3 rings (SSSR count). The number of aromatic nitrogens is 1. The zero-order valence-electron chi connectivity index (χ0n) is 15.8. The van der Waals surface area contributed by atoms with E-state index in [9.17, 15) is 4.79 Å². The van der Waals surface area contributed by atoms with Gasteiger partial charge in [-0.05, 0) is 68.6 Å². The molecule has 1 N–H and O–H groups in total. The van der Waals surface area contributed by atoms with Gasteiger partial charge in [-0.25, -0.2) is 4.98 Å². The van der Waals surface area contributed by atoms with Gasteiger partial charge in [-0.1, -0.05) is 12.1 Å². The number of methoxy groups -OCH3 is 1. The van der Waals surface area contributed by atoms with Gasteiger partial charge in [0, 0.05) is 31.0 Å². The number of aryl methyl sites for hydroxylation is 2. The second-order valence-electron chi connectivity index (χ2n) is 7.05. The van der Waals surface area contributed by atoms with Gasteiger partial charge in [-0.15, -0.1) is 0 Å². The first-order chi connectivity index (χ1) is 12.5. The van der Waals surface area contributed by atoms with Crippen LogP contribution in [0.1, 0.15) is 40.0 Å². The Labute approximate surface area is 155 Å². The molecule has 2 heterocycles. The summed E-state index contributed by atoms with van der Waals surface area (Å²) in [5, 5.41) is 2.91. The lowest BCUT2D eigenvalue weighted by Crippen LogP contribution is -2.32. The average Bonchev–Trinajstić information content (AvgIpc) is 3.01. The highest BCUT2D eigenvalue weighted by Gasteiger charge is 2.24. The Balaban J connectivity index is 1.69. The van der Waals surface area contributed by atoms with Crippen molar-refractivity contribution in [3.8, 4) is 0 Å². The molecule has 0 radical (unpaired) electrons. The Morgan fingerprint density at radius 1 is 1.31 bits per heavy atom. The number of amides is 1. The van der Waals surface area contributed by atoms with Crippen LogP contribution in [-0.2, 0) is 11.3 Å². The smallest absolute Gasteiger partial charge is 0.256 e. The van der Waals surface area contributed by atoms with Crippen molar-refractivity contribution in [2.45, 2.75) is 39.3 Å². The standard InChI is InChI=1S/C21H27N3O2/c1-15-10-16(2)22-20(11-15)23-21(25)18-7-4-6-17(12-18)13-24-9-5-8-19(24)14-26-3/h4,6-7,10-12,19H,5,8-9,13-14H2,1-3H3,(H,22,23,25)/t19-/m1/s1. The van der Waals surface area contributed by atoms with Crippen LogP contribution < -0.4 is 5.32 Å². The summed E-state index contributed by atoms with van der Waals surface area (Å²) in [6.07, 6.45) is 2.37. The SMILES string of the molecule is COC[C@H]1CCCN1Cc1cccc(C(=O)Nc2cc(C)cc(C)n2)c1. The summed E-state index contributed by atoms with van der Waals surface area (Å²) < 4.78 is 5.33. The van der Waals surface area contributed by atoms with Crippen molar-refractivity contribution in [3.05, 3.63) is 58.8 Å². The van der Waals surface area contributed by atoms with Gasteiger partial charge < -0.3 is 10.1 Å². The van der Waals surface area contributed by atoms with Crippen LogP contribution in [0.3, 0.4) is 0 Å². The molecule has 2 aromatic rings. The Bertz CT molecular complexity index is 755. The van der Waals surface area contributed by atoms with Crippen LogP contribution in [0.25, 0.3) is 0 Å². The maximum atomic E-state index is 12.6. The van der Waals surface area contributed by atoms with Crippen molar-refractivity contribution in [3.63, 3.8) is 0 Å². The van der Waals surface area contributed by atoms with E-state index in [2.05, 4.69) is 21.3 Å². The highest BCUT2D eigenvalue weighted by Crippen LogP contribution is 2.21. The molecule has 0 unspecified atom stereocenters. The first kappa shape index (κ1) is 18.5. The first-order valence-electron chi connectivity index (χ1n) is 9.14. The lowest BCUT2D eigenvalue weighted by atomic mass is 10.1. The molecule has 1 aromatic heterocycles. The number of carbonyl (C=O) groups excluding carboxylic acids is 1. The summed E-state index contributed by atoms with van der Waals surface area (Å²) in [7, 11) is 1.75. The van der Waals surface area contributed by atoms with Gasteiger partial charge in [0.25, 0.3) is 5.91 Å². The van der Waals surface area contributed by atoms with Gasteiger partial charge in [-0.2, -0.15) is 0 Å². The normalized spacial score (nSPS) is 17.4. The number of hydrogen-bond donors (Lipinski definition) is 1. The second kappa shape index (κ2) is 8.43. The van der Waals surface area contributed by atoms with Crippen LogP contribution in [0.5, 0.6) is 0 Å². The minimum Gasteiger partial charge on any atom is -0.383 e. The molecule has 1 aliphatic heterocycles. The molecule has 1 atom stereocenters. The molecule has 1 aromatic carbocycles. The summed E-state index contributed by atoms with van der Waals surface area (Å²) >= 11 is 0. The summed E-state index contributed by atoms with van der Waals surface area (Å²) in [6, 6.07) is 12.2. The topological polar surface area (TPSA) is 54.5 Å². The molecule has 1 amide bonds. The fourth-order valence-electron chi connectivity index (χ4n) is 3.62. The van der Waals surface area contributed by atoms with E-state index in [0.717, 1.165) is 36.5 Å². The number of hydrogen-bond acceptors (Lipinski definition) is 4. The van der Waals surface area contributed by atoms with Gasteiger partial charge in [0.15, 0.2) is 0 Å². The van der Waals surface area contributed by atoms with Crippen LogP contribution in [0.4, 0.5) is 5.82 Å². The minimum atomic E-state index is -0.126. The van der Waals surface area contributed by atoms with E-state index in [0.29, 0.717) is 17.4 Å². The maximum absolute atomic E-state index is 12.6. The van der Waals surface area contributed by atoms with E-state index in [-0.39, 0.29) is 5.91 Å². The molecule has 1 aliphatic rings. The highest BCUT2D eigenvalue weighted by atomic mass is 16.5. The third-order valence-corrected chi connectivity index (χ3v) is 4.77.